The minimum absolute atomic E-state index is 0.553. The molecular weight excluding hydrogens is 252 g/mol. The standard InChI is InChI=1S/C14H20N6/c1-10-6-8-11(9-7-10)20(5)14-17-12(15-2)16-13(18-14)19(3)4/h6-9H,1-5H3,(H,15,16,17,18). The van der Waals surface area contributed by atoms with Crippen molar-refractivity contribution in [3.63, 3.8) is 0 Å². The number of aryl methyl sites for hydroxylation is 1. The minimum Gasteiger partial charge on any atom is -0.357 e. The Labute approximate surface area is 119 Å². The molecule has 1 heterocycles. The van der Waals surface area contributed by atoms with Gasteiger partial charge in [0.05, 0.1) is 0 Å². The first-order valence-corrected chi connectivity index (χ1v) is 6.43. The molecule has 1 aromatic carbocycles. The Morgan fingerprint density at radius 1 is 0.900 bits per heavy atom. The molecule has 0 spiro atoms. The number of anilines is 4. The second kappa shape index (κ2) is 5.73. The molecule has 0 saturated carbocycles. The topological polar surface area (TPSA) is 57.2 Å². The van der Waals surface area contributed by atoms with E-state index in [1.807, 2.05) is 43.1 Å². The van der Waals surface area contributed by atoms with Gasteiger partial charge in [-0.15, -0.1) is 0 Å². The van der Waals surface area contributed by atoms with Gasteiger partial charge in [0.25, 0.3) is 0 Å². The van der Waals surface area contributed by atoms with Crippen molar-refractivity contribution in [2.24, 2.45) is 0 Å². The molecule has 6 heteroatoms. The van der Waals surface area contributed by atoms with Crippen molar-refractivity contribution >= 4 is 23.5 Å². The molecule has 0 bridgehead atoms. The summed E-state index contributed by atoms with van der Waals surface area (Å²) in [6, 6.07) is 8.23. The predicted molar refractivity (Wildman–Crippen MR) is 82.9 cm³/mol. The van der Waals surface area contributed by atoms with Crippen LogP contribution in [-0.4, -0.2) is 43.1 Å². The number of aromatic nitrogens is 3. The lowest BCUT2D eigenvalue weighted by Gasteiger charge is -2.20. The van der Waals surface area contributed by atoms with E-state index in [1.165, 1.54) is 5.56 Å². The maximum absolute atomic E-state index is 4.47. The molecule has 6 nitrogen and oxygen atoms in total. The molecule has 0 amide bonds. The lowest BCUT2D eigenvalue weighted by atomic mass is 10.2. The number of nitrogens with one attached hydrogen (secondary N) is 1. The third-order valence-corrected chi connectivity index (χ3v) is 2.96. The summed E-state index contributed by atoms with van der Waals surface area (Å²) in [7, 11) is 7.55. The fraction of sp³-hybridized carbons (Fsp3) is 0.357. The van der Waals surface area contributed by atoms with Gasteiger partial charge in [0, 0.05) is 33.9 Å². The van der Waals surface area contributed by atoms with E-state index in [-0.39, 0.29) is 0 Å². The molecular formula is C14H20N6. The molecule has 0 saturated heterocycles. The molecule has 0 radical (unpaired) electrons. The highest BCUT2D eigenvalue weighted by Crippen LogP contribution is 2.22. The van der Waals surface area contributed by atoms with Gasteiger partial charge in [0.15, 0.2) is 0 Å². The van der Waals surface area contributed by atoms with Crippen LogP contribution in [0.2, 0.25) is 0 Å². The SMILES string of the molecule is CNc1nc(N(C)C)nc(N(C)c2ccc(C)cc2)n1. The molecule has 1 aromatic heterocycles. The summed E-state index contributed by atoms with van der Waals surface area (Å²) in [5.41, 5.74) is 2.26. The van der Waals surface area contributed by atoms with Crippen LogP contribution in [0, 0.1) is 6.92 Å². The summed E-state index contributed by atoms with van der Waals surface area (Å²) in [6.45, 7) is 2.07. The van der Waals surface area contributed by atoms with Gasteiger partial charge in [-0.2, -0.15) is 15.0 Å². The molecule has 1 N–H and O–H groups in total. The Kier molecular flexibility index (Phi) is 4.02. The first-order chi connectivity index (χ1) is 9.51. The van der Waals surface area contributed by atoms with Gasteiger partial charge in [-0.05, 0) is 19.1 Å². The Bertz CT molecular complexity index is 579. The van der Waals surface area contributed by atoms with Crippen molar-refractivity contribution in [2.45, 2.75) is 6.92 Å². The number of nitrogens with zero attached hydrogens (tertiary/aromatic N) is 5. The summed E-state index contributed by atoms with van der Waals surface area (Å²) in [5, 5.41) is 2.96. The largest absolute Gasteiger partial charge is 0.357 e. The van der Waals surface area contributed by atoms with Crippen LogP contribution in [0.5, 0.6) is 0 Å². The van der Waals surface area contributed by atoms with Crippen LogP contribution >= 0.6 is 0 Å². The van der Waals surface area contributed by atoms with E-state index in [0.29, 0.717) is 17.8 Å². The lowest BCUT2D eigenvalue weighted by Crippen LogP contribution is -2.19. The van der Waals surface area contributed by atoms with Crippen molar-refractivity contribution in [1.82, 2.24) is 15.0 Å². The number of rotatable bonds is 4. The van der Waals surface area contributed by atoms with Crippen molar-refractivity contribution in [1.29, 1.82) is 0 Å². The zero-order chi connectivity index (χ0) is 14.7. The van der Waals surface area contributed by atoms with E-state index >= 15 is 0 Å². The van der Waals surface area contributed by atoms with Gasteiger partial charge >= 0.3 is 0 Å². The normalized spacial score (nSPS) is 10.2. The zero-order valence-electron chi connectivity index (χ0n) is 12.5. The average molecular weight is 272 g/mol. The highest BCUT2D eigenvalue weighted by Gasteiger charge is 2.12. The Balaban J connectivity index is 2.40. The van der Waals surface area contributed by atoms with Crippen LogP contribution in [0.25, 0.3) is 0 Å². The minimum atomic E-state index is 0.553. The van der Waals surface area contributed by atoms with Gasteiger partial charge in [-0.1, -0.05) is 17.7 Å². The number of hydrogen-bond donors (Lipinski definition) is 1. The predicted octanol–water partition coefficient (Wildman–Crippen LogP) is 2.06. The van der Waals surface area contributed by atoms with E-state index in [1.54, 1.807) is 7.05 Å². The first kappa shape index (κ1) is 14.0. The van der Waals surface area contributed by atoms with Crippen LogP contribution in [0.3, 0.4) is 0 Å². The van der Waals surface area contributed by atoms with E-state index in [4.69, 9.17) is 0 Å². The van der Waals surface area contributed by atoms with E-state index < -0.39 is 0 Å². The second-order valence-corrected chi connectivity index (χ2v) is 4.80. The number of hydrogen-bond acceptors (Lipinski definition) is 6. The molecule has 0 aliphatic rings. The van der Waals surface area contributed by atoms with Crippen molar-refractivity contribution in [3.05, 3.63) is 29.8 Å². The maximum Gasteiger partial charge on any atom is 0.236 e. The smallest absolute Gasteiger partial charge is 0.236 e. The Morgan fingerprint density at radius 2 is 1.50 bits per heavy atom. The van der Waals surface area contributed by atoms with Gasteiger partial charge < -0.3 is 15.1 Å². The second-order valence-electron chi connectivity index (χ2n) is 4.80. The summed E-state index contributed by atoms with van der Waals surface area (Å²) in [6.07, 6.45) is 0. The molecule has 106 valence electrons. The average Bonchev–Trinajstić information content (AvgIpc) is 2.46. The highest BCUT2D eigenvalue weighted by molar-refractivity contribution is 5.58. The summed E-state index contributed by atoms with van der Waals surface area (Å²) in [5.74, 6) is 1.79. The molecule has 0 fully saturated rings. The summed E-state index contributed by atoms with van der Waals surface area (Å²) >= 11 is 0. The van der Waals surface area contributed by atoms with Gasteiger partial charge in [-0.25, -0.2) is 0 Å². The van der Waals surface area contributed by atoms with Crippen molar-refractivity contribution < 1.29 is 0 Å². The van der Waals surface area contributed by atoms with Crippen LogP contribution in [-0.2, 0) is 0 Å². The molecule has 0 aliphatic heterocycles. The number of benzene rings is 1. The van der Waals surface area contributed by atoms with Gasteiger partial charge in [0.1, 0.15) is 0 Å². The lowest BCUT2D eigenvalue weighted by molar-refractivity contribution is 0.933. The fourth-order valence-electron chi connectivity index (χ4n) is 1.70. The third kappa shape index (κ3) is 2.96. The van der Waals surface area contributed by atoms with Crippen molar-refractivity contribution in [2.75, 3.05) is 43.3 Å². The molecule has 2 aromatic rings. The van der Waals surface area contributed by atoms with E-state index in [2.05, 4.69) is 39.3 Å². The Hall–Kier alpha value is -2.37. The Morgan fingerprint density at radius 3 is 2.05 bits per heavy atom. The molecule has 0 unspecified atom stereocenters. The summed E-state index contributed by atoms with van der Waals surface area (Å²) < 4.78 is 0. The van der Waals surface area contributed by atoms with Crippen LogP contribution in [0.1, 0.15) is 5.56 Å². The molecule has 20 heavy (non-hydrogen) atoms. The van der Waals surface area contributed by atoms with E-state index in [9.17, 15) is 0 Å². The third-order valence-electron chi connectivity index (χ3n) is 2.96. The molecule has 0 aliphatic carbocycles. The first-order valence-electron chi connectivity index (χ1n) is 6.43. The van der Waals surface area contributed by atoms with Crippen LogP contribution in [0.15, 0.2) is 24.3 Å². The van der Waals surface area contributed by atoms with Crippen LogP contribution < -0.4 is 15.1 Å². The van der Waals surface area contributed by atoms with E-state index in [0.717, 1.165) is 5.69 Å². The van der Waals surface area contributed by atoms with Crippen molar-refractivity contribution in [3.8, 4) is 0 Å². The fourth-order valence-corrected chi connectivity index (χ4v) is 1.70. The summed E-state index contributed by atoms with van der Waals surface area (Å²) in [4.78, 5) is 17.0. The molecule has 0 atom stereocenters. The quantitative estimate of drug-likeness (QED) is 0.919. The highest BCUT2D eigenvalue weighted by atomic mass is 15.3. The maximum atomic E-state index is 4.47. The zero-order valence-corrected chi connectivity index (χ0v) is 12.5. The van der Waals surface area contributed by atoms with Gasteiger partial charge in [0.2, 0.25) is 17.8 Å². The van der Waals surface area contributed by atoms with Gasteiger partial charge in [-0.3, -0.25) is 0 Å². The molecule has 2 rings (SSSR count). The van der Waals surface area contributed by atoms with Crippen LogP contribution in [0.4, 0.5) is 23.5 Å². The monoisotopic (exact) mass is 272 g/mol.